The average Bonchev–Trinajstić information content (AvgIpc) is 3.09. The Morgan fingerprint density at radius 3 is 2.62 bits per heavy atom. The second kappa shape index (κ2) is 6.96. The van der Waals surface area contributed by atoms with Crippen LogP contribution >= 0.6 is 0 Å². The van der Waals surface area contributed by atoms with E-state index < -0.39 is 0 Å². The van der Waals surface area contributed by atoms with Gasteiger partial charge in [0.15, 0.2) is 5.76 Å². The zero-order valence-electron chi connectivity index (χ0n) is 14.6. The highest BCUT2D eigenvalue weighted by atomic mass is 16.3. The smallest absolute Gasteiger partial charge is 0.291 e. The molecule has 1 aliphatic carbocycles. The predicted molar refractivity (Wildman–Crippen MR) is 97.6 cm³/mol. The first-order valence-electron chi connectivity index (χ1n) is 9.09. The Hall–Kier alpha value is -2.60. The lowest BCUT2D eigenvalue weighted by atomic mass is 9.92. The van der Waals surface area contributed by atoms with Crippen LogP contribution in [0.3, 0.4) is 0 Å². The molecule has 2 aromatic rings. The Morgan fingerprint density at radius 1 is 1.15 bits per heavy atom. The fourth-order valence-electron chi connectivity index (χ4n) is 3.81. The molecule has 1 saturated carbocycles. The molecule has 1 atom stereocenters. The lowest BCUT2D eigenvalue weighted by Gasteiger charge is -2.23. The summed E-state index contributed by atoms with van der Waals surface area (Å²) in [5.74, 6) is 0.341. The molecule has 1 unspecified atom stereocenters. The van der Waals surface area contributed by atoms with Crippen molar-refractivity contribution in [3.63, 3.8) is 0 Å². The molecule has 1 saturated heterocycles. The van der Waals surface area contributed by atoms with Gasteiger partial charge in [0.2, 0.25) is 5.91 Å². The molecule has 1 spiro atoms. The van der Waals surface area contributed by atoms with Crippen molar-refractivity contribution in [3.05, 3.63) is 54.0 Å². The largest absolute Gasteiger partial charge is 0.459 e. The molecule has 0 bridgehead atoms. The van der Waals surface area contributed by atoms with E-state index in [1.165, 1.54) is 6.26 Å². The molecule has 26 heavy (non-hydrogen) atoms. The third-order valence-electron chi connectivity index (χ3n) is 5.53. The summed E-state index contributed by atoms with van der Waals surface area (Å²) >= 11 is 0. The first kappa shape index (κ1) is 16.8. The minimum atomic E-state index is -0.281. The molecule has 1 aromatic carbocycles. The highest BCUT2D eigenvalue weighted by molar-refractivity contribution is 6.02. The first-order valence-corrected chi connectivity index (χ1v) is 9.09. The van der Waals surface area contributed by atoms with Gasteiger partial charge in [-0.1, -0.05) is 12.1 Å². The minimum absolute atomic E-state index is 0.169. The van der Waals surface area contributed by atoms with Gasteiger partial charge in [0, 0.05) is 18.2 Å². The van der Waals surface area contributed by atoms with E-state index in [0.717, 1.165) is 37.9 Å². The van der Waals surface area contributed by atoms with Gasteiger partial charge in [0.05, 0.1) is 6.26 Å². The number of rotatable bonds is 5. The maximum atomic E-state index is 12.4. The number of furan rings is 1. The van der Waals surface area contributed by atoms with Gasteiger partial charge in [0.25, 0.3) is 5.91 Å². The third kappa shape index (κ3) is 3.51. The zero-order chi connectivity index (χ0) is 18.0. The van der Waals surface area contributed by atoms with Crippen molar-refractivity contribution < 1.29 is 14.0 Å². The first-order chi connectivity index (χ1) is 12.7. The maximum absolute atomic E-state index is 12.4. The molecule has 0 radical (unpaired) electrons. The van der Waals surface area contributed by atoms with Crippen LogP contribution in [-0.2, 0) is 11.3 Å². The summed E-state index contributed by atoms with van der Waals surface area (Å²) in [6.07, 6.45) is 4.71. The van der Waals surface area contributed by atoms with Crippen LogP contribution < -0.4 is 16.0 Å². The second-order valence-corrected chi connectivity index (χ2v) is 7.22. The number of piperidine rings is 1. The number of amides is 2. The van der Waals surface area contributed by atoms with Crippen LogP contribution in [0.1, 0.15) is 35.4 Å². The summed E-state index contributed by atoms with van der Waals surface area (Å²) in [6.45, 7) is 2.56. The SMILES string of the molecule is O=C(Nc1ccc(CNC(=O)C2CC23CCNCC3)cc1)c1ccco1. The van der Waals surface area contributed by atoms with Crippen molar-refractivity contribution in [3.8, 4) is 0 Å². The van der Waals surface area contributed by atoms with Gasteiger partial charge in [-0.15, -0.1) is 0 Å². The third-order valence-corrected chi connectivity index (χ3v) is 5.53. The van der Waals surface area contributed by atoms with Crippen LogP contribution in [0.25, 0.3) is 0 Å². The second-order valence-electron chi connectivity index (χ2n) is 7.22. The van der Waals surface area contributed by atoms with Crippen molar-refractivity contribution >= 4 is 17.5 Å². The summed E-state index contributed by atoms with van der Waals surface area (Å²) in [5, 5.41) is 9.19. The van der Waals surface area contributed by atoms with Gasteiger partial charge in [-0.2, -0.15) is 0 Å². The lowest BCUT2D eigenvalue weighted by molar-refractivity contribution is -0.123. The van der Waals surface area contributed by atoms with Gasteiger partial charge in [0.1, 0.15) is 0 Å². The van der Waals surface area contributed by atoms with Gasteiger partial charge >= 0.3 is 0 Å². The molecule has 2 amide bonds. The van der Waals surface area contributed by atoms with Crippen molar-refractivity contribution in [1.29, 1.82) is 0 Å². The molecule has 2 heterocycles. The Labute approximate surface area is 152 Å². The molecule has 4 rings (SSSR count). The zero-order valence-corrected chi connectivity index (χ0v) is 14.6. The monoisotopic (exact) mass is 353 g/mol. The number of benzene rings is 1. The molecular formula is C20H23N3O3. The number of anilines is 1. The standard InChI is InChI=1S/C20H23N3O3/c24-18(16-12-20(16)7-9-21-10-8-20)22-13-14-3-5-15(6-4-14)23-19(25)17-2-1-11-26-17/h1-6,11,16,21H,7-10,12-13H2,(H,22,24)(H,23,25). The normalized spacial score (nSPS) is 20.5. The highest BCUT2D eigenvalue weighted by Gasteiger charge is 2.57. The van der Waals surface area contributed by atoms with Gasteiger partial charge < -0.3 is 20.4 Å². The highest BCUT2D eigenvalue weighted by Crippen LogP contribution is 2.58. The number of hydrogen-bond acceptors (Lipinski definition) is 4. The number of nitrogens with one attached hydrogen (secondary N) is 3. The van der Waals surface area contributed by atoms with Crippen molar-refractivity contribution in [2.24, 2.45) is 11.3 Å². The van der Waals surface area contributed by atoms with E-state index in [1.54, 1.807) is 12.1 Å². The van der Waals surface area contributed by atoms with E-state index in [4.69, 9.17) is 4.42 Å². The van der Waals surface area contributed by atoms with E-state index in [9.17, 15) is 9.59 Å². The van der Waals surface area contributed by atoms with Crippen LogP contribution in [0, 0.1) is 11.3 Å². The fourth-order valence-corrected chi connectivity index (χ4v) is 3.81. The number of hydrogen-bond donors (Lipinski definition) is 3. The van der Waals surface area contributed by atoms with Gasteiger partial charge in [-0.3, -0.25) is 9.59 Å². The van der Waals surface area contributed by atoms with E-state index in [-0.39, 0.29) is 28.9 Å². The molecule has 136 valence electrons. The van der Waals surface area contributed by atoms with E-state index in [0.29, 0.717) is 12.2 Å². The maximum Gasteiger partial charge on any atom is 0.291 e. The van der Waals surface area contributed by atoms with Crippen LogP contribution in [0.4, 0.5) is 5.69 Å². The molecule has 6 nitrogen and oxygen atoms in total. The Kier molecular flexibility index (Phi) is 4.51. The quantitative estimate of drug-likeness (QED) is 0.771. The average molecular weight is 353 g/mol. The minimum Gasteiger partial charge on any atom is -0.459 e. The molecule has 1 aromatic heterocycles. The number of carbonyl (C=O) groups excluding carboxylic acids is 2. The topological polar surface area (TPSA) is 83.4 Å². The van der Waals surface area contributed by atoms with Crippen LogP contribution in [-0.4, -0.2) is 24.9 Å². The summed E-state index contributed by atoms with van der Waals surface area (Å²) in [7, 11) is 0. The molecule has 1 aliphatic heterocycles. The Balaban J connectivity index is 1.27. The molecule has 2 fully saturated rings. The van der Waals surface area contributed by atoms with Crippen LogP contribution in [0.2, 0.25) is 0 Å². The molecule has 6 heteroatoms. The molecule has 3 N–H and O–H groups in total. The van der Waals surface area contributed by atoms with Crippen LogP contribution in [0.15, 0.2) is 47.1 Å². The van der Waals surface area contributed by atoms with Gasteiger partial charge in [-0.05, 0) is 67.6 Å². The fraction of sp³-hybridized carbons (Fsp3) is 0.400. The van der Waals surface area contributed by atoms with Crippen molar-refractivity contribution in [2.75, 3.05) is 18.4 Å². The summed E-state index contributed by atoms with van der Waals surface area (Å²) in [6, 6.07) is 10.8. The van der Waals surface area contributed by atoms with Gasteiger partial charge in [-0.25, -0.2) is 0 Å². The summed E-state index contributed by atoms with van der Waals surface area (Å²) < 4.78 is 5.07. The van der Waals surface area contributed by atoms with Crippen molar-refractivity contribution in [2.45, 2.75) is 25.8 Å². The lowest BCUT2D eigenvalue weighted by Crippen LogP contribution is -2.33. The molecular weight excluding hydrogens is 330 g/mol. The van der Waals surface area contributed by atoms with E-state index in [1.807, 2.05) is 24.3 Å². The van der Waals surface area contributed by atoms with E-state index >= 15 is 0 Å². The van der Waals surface area contributed by atoms with E-state index in [2.05, 4.69) is 16.0 Å². The number of carbonyl (C=O) groups is 2. The Morgan fingerprint density at radius 2 is 1.92 bits per heavy atom. The summed E-state index contributed by atoms with van der Waals surface area (Å²) in [4.78, 5) is 24.3. The van der Waals surface area contributed by atoms with Crippen molar-refractivity contribution in [1.82, 2.24) is 10.6 Å². The summed E-state index contributed by atoms with van der Waals surface area (Å²) in [5.41, 5.74) is 1.96. The predicted octanol–water partition coefficient (Wildman–Crippen LogP) is 2.54. The molecule has 2 aliphatic rings. The Bertz CT molecular complexity index is 777. The van der Waals surface area contributed by atoms with Crippen LogP contribution in [0.5, 0.6) is 0 Å².